The molecule has 3 nitrogen and oxygen atoms in total. The monoisotopic (exact) mass is 348 g/mol. The average Bonchev–Trinajstić information content (AvgIpc) is 2.60. The highest BCUT2D eigenvalue weighted by Crippen LogP contribution is 2.19. The lowest BCUT2D eigenvalue weighted by atomic mass is 10.1. The van der Waals surface area contributed by atoms with Gasteiger partial charge in [-0.15, -0.1) is 0 Å². The Bertz CT molecular complexity index is 687. The molecule has 24 heavy (non-hydrogen) atoms. The summed E-state index contributed by atoms with van der Waals surface area (Å²) in [5.41, 5.74) is 2.33. The van der Waals surface area contributed by atoms with E-state index < -0.39 is 0 Å². The van der Waals surface area contributed by atoms with Crippen molar-refractivity contribution in [1.29, 1.82) is 0 Å². The van der Waals surface area contributed by atoms with Crippen LogP contribution in [0.4, 0.5) is 4.39 Å². The quantitative estimate of drug-likeness (QED) is 0.817. The van der Waals surface area contributed by atoms with Gasteiger partial charge in [0.05, 0.1) is 12.1 Å². The molecule has 0 saturated carbocycles. The minimum Gasteiger partial charge on any atom is -0.497 e. The Balaban J connectivity index is 1.51. The van der Waals surface area contributed by atoms with Crippen LogP contribution in [0, 0.1) is 5.82 Å². The number of rotatable bonds is 5. The third kappa shape index (κ3) is 4.47. The largest absolute Gasteiger partial charge is 0.497 e. The van der Waals surface area contributed by atoms with Gasteiger partial charge < -0.3 is 4.74 Å². The summed E-state index contributed by atoms with van der Waals surface area (Å²) in [6.45, 7) is 5.79. The number of methoxy groups -OCH3 is 1. The Morgan fingerprint density at radius 2 is 1.58 bits per heavy atom. The Hall–Kier alpha value is -1.62. The fourth-order valence-electron chi connectivity index (χ4n) is 3.03. The van der Waals surface area contributed by atoms with Crippen LogP contribution in [0.1, 0.15) is 11.1 Å². The van der Waals surface area contributed by atoms with Crippen LogP contribution in [-0.2, 0) is 13.1 Å². The highest BCUT2D eigenvalue weighted by Gasteiger charge is 2.17. The van der Waals surface area contributed by atoms with E-state index >= 15 is 0 Å². The molecule has 0 spiro atoms. The second-order valence-electron chi connectivity index (χ2n) is 6.15. The normalized spacial score (nSPS) is 16.3. The Morgan fingerprint density at radius 1 is 0.958 bits per heavy atom. The van der Waals surface area contributed by atoms with Crippen LogP contribution in [0.15, 0.2) is 42.5 Å². The second-order valence-corrected chi connectivity index (χ2v) is 6.56. The fourth-order valence-corrected chi connectivity index (χ4v) is 3.23. The maximum atomic E-state index is 13.2. The van der Waals surface area contributed by atoms with E-state index in [1.165, 1.54) is 11.6 Å². The van der Waals surface area contributed by atoms with Gasteiger partial charge in [-0.25, -0.2) is 4.39 Å². The predicted molar refractivity (Wildman–Crippen MR) is 95.0 cm³/mol. The summed E-state index contributed by atoms with van der Waals surface area (Å²) in [6.07, 6.45) is 0. The molecule has 0 N–H and O–H groups in total. The van der Waals surface area contributed by atoms with Gasteiger partial charge in [0.15, 0.2) is 0 Å². The SMILES string of the molecule is COc1cccc(CN2CCN(Cc3ccc(F)c(Cl)c3)CC2)c1. The van der Waals surface area contributed by atoms with Crippen molar-refractivity contribution in [2.45, 2.75) is 13.1 Å². The lowest BCUT2D eigenvalue weighted by Crippen LogP contribution is -2.45. The van der Waals surface area contributed by atoms with Gasteiger partial charge >= 0.3 is 0 Å². The molecular weight excluding hydrogens is 327 g/mol. The van der Waals surface area contributed by atoms with Gasteiger partial charge in [0.25, 0.3) is 0 Å². The lowest BCUT2D eigenvalue weighted by Gasteiger charge is -2.34. The van der Waals surface area contributed by atoms with Crippen molar-refractivity contribution in [2.75, 3.05) is 33.3 Å². The minimum atomic E-state index is -0.358. The number of hydrogen-bond donors (Lipinski definition) is 0. The van der Waals surface area contributed by atoms with Crippen LogP contribution >= 0.6 is 11.6 Å². The molecule has 0 aromatic heterocycles. The zero-order chi connectivity index (χ0) is 16.9. The third-order valence-electron chi connectivity index (χ3n) is 4.40. The number of halogens is 2. The molecule has 0 unspecified atom stereocenters. The first-order valence-electron chi connectivity index (χ1n) is 8.15. The molecule has 2 aromatic rings. The van der Waals surface area contributed by atoms with E-state index in [9.17, 15) is 4.39 Å². The summed E-state index contributed by atoms with van der Waals surface area (Å²) in [4.78, 5) is 4.83. The van der Waals surface area contributed by atoms with Crippen LogP contribution in [0.3, 0.4) is 0 Å². The molecule has 0 amide bonds. The van der Waals surface area contributed by atoms with Crippen molar-refractivity contribution in [3.05, 3.63) is 64.4 Å². The van der Waals surface area contributed by atoms with Gasteiger partial charge in [0, 0.05) is 39.3 Å². The highest BCUT2D eigenvalue weighted by atomic mass is 35.5. The van der Waals surface area contributed by atoms with E-state index in [0.29, 0.717) is 0 Å². The number of nitrogens with zero attached hydrogens (tertiary/aromatic N) is 2. The lowest BCUT2D eigenvalue weighted by molar-refractivity contribution is 0.122. The van der Waals surface area contributed by atoms with Crippen molar-refractivity contribution >= 4 is 11.6 Å². The molecule has 3 rings (SSSR count). The Morgan fingerprint density at radius 3 is 2.17 bits per heavy atom. The van der Waals surface area contributed by atoms with E-state index in [2.05, 4.69) is 21.9 Å². The van der Waals surface area contributed by atoms with Crippen molar-refractivity contribution in [3.63, 3.8) is 0 Å². The molecule has 1 fully saturated rings. The van der Waals surface area contributed by atoms with Gasteiger partial charge in [0.2, 0.25) is 0 Å². The summed E-state index contributed by atoms with van der Waals surface area (Å²) < 4.78 is 18.5. The van der Waals surface area contributed by atoms with E-state index in [-0.39, 0.29) is 10.8 Å². The minimum absolute atomic E-state index is 0.198. The standard InChI is InChI=1S/C19H22ClFN2O/c1-24-17-4-2-3-15(11-17)13-22-7-9-23(10-8-22)14-16-5-6-19(21)18(20)12-16/h2-6,11-12H,7-10,13-14H2,1H3. The number of benzene rings is 2. The summed E-state index contributed by atoms with van der Waals surface area (Å²) in [7, 11) is 1.69. The van der Waals surface area contributed by atoms with Gasteiger partial charge in [-0.1, -0.05) is 29.8 Å². The van der Waals surface area contributed by atoms with E-state index in [1.54, 1.807) is 13.2 Å². The highest BCUT2D eigenvalue weighted by molar-refractivity contribution is 6.30. The van der Waals surface area contributed by atoms with Crippen molar-refractivity contribution in [1.82, 2.24) is 9.80 Å². The van der Waals surface area contributed by atoms with Crippen LogP contribution in [0.25, 0.3) is 0 Å². The van der Waals surface area contributed by atoms with Gasteiger partial charge in [-0.05, 0) is 35.4 Å². The van der Waals surface area contributed by atoms with Crippen LogP contribution in [0.2, 0.25) is 5.02 Å². The first-order valence-corrected chi connectivity index (χ1v) is 8.53. The average molecular weight is 349 g/mol. The Labute approximate surface area is 147 Å². The third-order valence-corrected chi connectivity index (χ3v) is 4.69. The zero-order valence-corrected chi connectivity index (χ0v) is 14.6. The van der Waals surface area contributed by atoms with Crippen molar-refractivity contribution in [3.8, 4) is 5.75 Å². The number of ether oxygens (including phenoxy) is 1. The summed E-state index contributed by atoms with van der Waals surface area (Å²) in [5.74, 6) is 0.544. The molecule has 0 radical (unpaired) electrons. The first-order chi connectivity index (χ1) is 11.6. The maximum absolute atomic E-state index is 13.2. The smallest absolute Gasteiger partial charge is 0.141 e. The van der Waals surface area contributed by atoms with Crippen molar-refractivity contribution < 1.29 is 9.13 Å². The molecule has 1 aliphatic heterocycles. The molecule has 0 bridgehead atoms. The summed E-state index contributed by atoms with van der Waals surface area (Å²) in [5, 5.41) is 0.198. The zero-order valence-electron chi connectivity index (χ0n) is 13.8. The van der Waals surface area contributed by atoms with Crippen LogP contribution in [0.5, 0.6) is 5.75 Å². The molecule has 2 aromatic carbocycles. The van der Waals surface area contributed by atoms with Crippen LogP contribution in [-0.4, -0.2) is 43.1 Å². The van der Waals surface area contributed by atoms with Gasteiger partial charge in [-0.3, -0.25) is 9.80 Å². The maximum Gasteiger partial charge on any atom is 0.141 e. The van der Waals surface area contributed by atoms with Crippen LogP contribution < -0.4 is 4.74 Å². The number of hydrogen-bond acceptors (Lipinski definition) is 3. The summed E-state index contributed by atoms with van der Waals surface area (Å²) >= 11 is 5.86. The molecule has 0 aliphatic carbocycles. The fraction of sp³-hybridized carbons (Fsp3) is 0.368. The predicted octanol–water partition coefficient (Wildman–Crippen LogP) is 3.81. The van der Waals surface area contributed by atoms with E-state index in [4.69, 9.17) is 16.3 Å². The van der Waals surface area contributed by atoms with E-state index in [0.717, 1.165) is 50.6 Å². The molecular formula is C19H22ClFN2O. The first kappa shape index (κ1) is 17.2. The topological polar surface area (TPSA) is 15.7 Å². The Kier molecular flexibility index (Phi) is 5.72. The van der Waals surface area contributed by atoms with Crippen molar-refractivity contribution in [2.24, 2.45) is 0 Å². The molecule has 1 aliphatic rings. The van der Waals surface area contributed by atoms with Gasteiger partial charge in [-0.2, -0.15) is 0 Å². The molecule has 1 saturated heterocycles. The second kappa shape index (κ2) is 7.97. The van der Waals surface area contributed by atoms with Gasteiger partial charge in [0.1, 0.15) is 11.6 Å². The molecule has 1 heterocycles. The number of piperazine rings is 1. The van der Waals surface area contributed by atoms with E-state index in [1.807, 2.05) is 18.2 Å². The summed E-state index contributed by atoms with van der Waals surface area (Å²) in [6, 6.07) is 13.2. The molecule has 0 atom stereocenters. The molecule has 5 heteroatoms. The molecule has 128 valence electrons.